The van der Waals surface area contributed by atoms with Crippen LogP contribution >= 0.6 is 11.6 Å². The molecular weight excluding hydrogens is 260 g/mol. The van der Waals surface area contributed by atoms with Crippen LogP contribution in [0.3, 0.4) is 0 Å². The topological polar surface area (TPSA) is 44.6 Å². The van der Waals surface area contributed by atoms with Crippen LogP contribution in [0.5, 0.6) is 5.75 Å². The van der Waals surface area contributed by atoms with Crippen molar-refractivity contribution < 1.29 is 5.11 Å². The second-order valence-electron chi connectivity index (χ2n) is 4.54. The van der Waals surface area contributed by atoms with Gasteiger partial charge >= 0.3 is 0 Å². The molecule has 4 heteroatoms. The Balaban J connectivity index is 1.76. The molecule has 2 N–H and O–H groups in total. The predicted molar refractivity (Wildman–Crippen MR) is 76.6 cm³/mol. The largest absolute Gasteiger partial charge is 0.508 e. The number of nitrogens with zero attached hydrogens (tertiary/aromatic N) is 1. The van der Waals surface area contributed by atoms with E-state index in [1.54, 1.807) is 12.1 Å². The van der Waals surface area contributed by atoms with Gasteiger partial charge in [-0.05, 0) is 47.5 Å². The van der Waals surface area contributed by atoms with E-state index in [4.69, 9.17) is 11.6 Å². The highest BCUT2D eigenvalue weighted by Gasteiger charge is 2.20. The molecule has 3 rings (SSSR count). The molecule has 1 aliphatic heterocycles. The third-order valence-corrected chi connectivity index (χ3v) is 3.48. The quantitative estimate of drug-likeness (QED) is 0.879. The molecule has 96 valence electrons. The van der Waals surface area contributed by atoms with Gasteiger partial charge in [-0.25, -0.2) is 0 Å². The summed E-state index contributed by atoms with van der Waals surface area (Å²) in [7, 11) is 0. The summed E-state index contributed by atoms with van der Waals surface area (Å²) in [5, 5.41) is 14.4. The zero-order chi connectivity index (χ0) is 13.2. The third kappa shape index (κ3) is 2.56. The van der Waals surface area contributed by atoms with Crippen LogP contribution in [-0.2, 0) is 0 Å². The second kappa shape index (κ2) is 4.94. The van der Waals surface area contributed by atoms with Crippen LogP contribution < -0.4 is 5.43 Å². The van der Waals surface area contributed by atoms with Crippen LogP contribution in [0.1, 0.15) is 23.6 Å². The van der Waals surface area contributed by atoms with E-state index in [0.717, 1.165) is 22.7 Å². The highest BCUT2D eigenvalue weighted by atomic mass is 35.5. The van der Waals surface area contributed by atoms with Gasteiger partial charge in [0.1, 0.15) is 5.75 Å². The van der Waals surface area contributed by atoms with Gasteiger partial charge in [-0.3, -0.25) is 0 Å². The number of nitrogens with one attached hydrogen (secondary N) is 1. The summed E-state index contributed by atoms with van der Waals surface area (Å²) in [6.45, 7) is 0. The zero-order valence-electron chi connectivity index (χ0n) is 10.2. The minimum atomic E-state index is 0.182. The van der Waals surface area contributed by atoms with Crippen molar-refractivity contribution in [1.29, 1.82) is 0 Å². The zero-order valence-corrected chi connectivity index (χ0v) is 10.9. The van der Waals surface area contributed by atoms with E-state index in [0.29, 0.717) is 0 Å². The van der Waals surface area contributed by atoms with Crippen molar-refractivity contribution in [3.05, 3.63) is 64.7 Å². The summed E-state index contributed by atoms with van der Waals surface area (Å²) < 4.78 is 0. The van der Waals surface area contributed by atoms with Gasteiger partial charge < -0.3 is 10.5 Å². The molecule has 19 heavy (non-hydrogen) atoms. The summed E-state index contributed by atoms with van der Waals surface area (Å²) >= 11 is 5.89. The van der Waals surface area contributed by atoms with E-state index in [9.17, 15) is 5.11 Å². The van der Waals surface area contributed by atoms with Crippen LogP contribution in [-0.4, -0.2) is 10.8 Å². The maximum atomic E-state index is 9.29. The molecule has 1 unspecified atom stereocenters. The highest BCUT2D eigenvalue weighted by molar-refractivity contribution is 6.30. The molecule has 2 aromatic carbocycles. The van der Waals surface area contributed by atoms with E-state index in [2.05, 4.69) is 10.5 Å². The lowest BCUT2D eigenvalue weighted by Gasteiger charge is -2.09. The predicted octanol–water partition coefficient (Wildman–Crippen LogP) is 3.48. The molecule has 3 nitrogen and oxygen atoms in total. The molecule has 0 radical (unpaired) electrons. The van der Waals surface area contributed by atoms with Crippen LogP contribution in [0.15, 0.2) is 53.6 Å². The Bertz CT molecular complexity index is 605. The molecule has 0 saturated carbocycles. The molecule has 0 fully saturated rings. The molecule has 2 aromatic rings. The summed E-state index contributed by atoms with van der Waals surface area (Å²) in [5.74, 6) is 0.268. The number of halogens is 1. The van der Waals surface area contributed by atoms with Crippen molar-refractivity contribution in [2.24, 2.45) is 5.10 Å². The molecule has 0 spiro atoms. The van der Waals surface area contributed by atoms with Crippen molar-refractivity contribution in [3.63, 3.8) is 0 Å². The SMILES string of the molecule is Oc1ccc(C2=NNC(c3ccc(Cl)cc3)C2)cc1. The second-order valence-corrected chi connectivity index (χ2v) is 4.98. The van der Waals surface area contributed by atoms with Crippen LogP contribution in [0.4, 0.5) is 0 Å². The first-order valence-corrected chi connectivity index (χ1v) is 6.47. The Labute approximate surface area is 116 Å². The maximum Gasteiger partial charge on any atom is 0.115 e. The van der Waals surface area contributed by atoms with E-state index in [1.807, 2.05) is 36.4 Å². The molecule has 0 bridgehead atoms. The van der Waals surface area contributed by atoms with Gasteiger partial charge in [-0.2, -0.15) is 5.10 Å². The average Bonchev–Trinajstić information content (AvgIpc) is 2.90. The molecule has 1 aliphatic rings. The van der Waals surface area contributed by atoms with Gasteiger partial charge in [0.25, 0.3) is 0 Å². The Morgan fingerprint density at radius 2 is 1.74 bits per heavy atom. The van der Waals surface area contributed by atoms with Crippen molar-refractivity contribution in [3.8, 4) is 5.75 Å². The molecule has 0 saturated heterocycles. The van der Waals surface area contributed by atoms with Gasteiger partial charge in [-0.1, -0.05) is 23.7 Å². The fraction of sp³-hybridized carbons (Fsp3) is 0.133. The normalized spacial score (nSPS) is 17.9. The number of rotatable bonds is 2. The molecule has 0 aliphatic carbocycles. The fourth-order valence-electron chi connectivity index (χ4n) is 2.16. The van der Waals surface area contributed by atoms with Crippen molar-refractivity contribution in [2.45, 2.75) is 12.5 Å². The smallest absolute Gasteiger partial charge is 0.115 e. The van der Waals surface area contributed by atoms with Gasteiger partial charge in [0.2, 0.25) is 0 Å². The van der Waals surface area contributed by atoms with Crippen LogP contribution in [0, 0.1) is 0 Å². The molecule has 0 aromatic heterocycles. The van der Waals surface area contributed by atoms with Crippen molar-refractivity contribution >= 4 is 17.3 Å². The Hall–Kier alpha value is -2.00. The first-order valence-electron chi connectivity index (χ1n) is 6.09. The maximum absolute atomic E-state index is 9.29. The average molecular weight is 273 g/mol. The number of hydrogen-bond donors (Lipinski definition) is 2. The Kier molecular flexibility index (Phi) is 3.13. The number of benzene rings is 2. The minimum absolute atomic E-state index is 0.182. The van der Waals surface area contributed by atoms with E-state index in [1.165, 1.54) is 5.56 Å². The first kappa shape index (κ1) is 12.1. The lowest BCUT2D eigenvalue weighted by atomic mass is 9.99. The standard InChI is InChI=1S/C15H13ClN2O/c16-12-5-1-10(2-6-12)14-9-15(18-17-14)11-3-7-13(19)8-4-11/h1-8,14,17,19H,9H2. The summed E-state index contributed by atoms with van der Waals surface area (Å²) in [5.41, 5.74) is 6.34. The van der Waals surface area contributed by atoms with Crippen molar-refractivity contribution in [1.82, 2.24) is 5.43 Å². The van der Waals surface area contributed by atoms with E-state index >= 15 is 0 Å². The van der Waals surface area contributed by atoms with E-state index < -0.39 is 0 Å². The summed E-state index contributed by atoms with van der Waals surface area (Å²) in [4.78, 5) is 0. The Morgan fingerprint density at radius 1 is 1.05 bits per heavy atom. The van der Waals surface area contributed by atoms with E-state index in [-0.39, 0.29) is 11.8 Å². The minimum Gasteiger partial charge on any atom is -0.508 e. The third-order valence-electron chi connectivity index (χ3n) is 3.23. The summed E-state index contributed by atoms with van der Waals surface area (Å²) in [6, 6.07) is 15.1. The van der Waals surface area contributed by atoms with Gasteiger partial charge in [0.05, 0.1) is 11.8 Å². The monoisotopic (exact) mass is 272 g/mol. The molecule has 1 atom stereocenters. The fourth-order valence-corrected chi connectivity index (χ4v) is 2.29. The lowest BCUT2D eigenvalue weighted by Crippen LogP contribution is -2.09. The van der Waals surface area contributed by atoms with Gasteiger partial charge in [0, 0.05) is 11.4 Å². The van der Waals surface area contributed by atoms with Gasteiger partial charge in [0.15, 0.2) is 0 Å². The van der Waals surface area contributed by atoms with Gasteiger partial charge in [-0.15, -0.1) is 0 Å². The first-order chi connectivity index (χ1) is 9.22. The number of hydrogen-bond acceptors (Lipinski definition) is 3. The Morgan fingerprint density at radius 3 is 2.42 bits per heavy atom. The summed E-state index contributed by atoms with van der Waals surface area (Å²) in [6.07, 6.45) is 0.826. The number of phenols is 1. The molecule has 1 heterocycles. The molecular formula is C15H13ClN2O. The highest BCUT2D eigenvalue weighted by Crippen LogP contribution is 2.26. The number of aromatic hydroxyl groups is 1. The number of phenolic OH excluding ortho intramolecular Hbond substituents is 1. The lowest BCUT2D eigenvalue weighted by molar-refractivity contribution is 0.475. The van der Waals surface area contributed by atoms with Crippen LogP contribution in [0.2, 0.25) is 5.02 Å². The van der Waals surface area contributed by atoms with Crippen LogP contribution in [0.25, 0.3) is 0 Å². The number of hydrazone groups is 1. The van der Waals surface area contributed by atoms with Crippen molar-refractivity contribution in [2.75, 3.05) is 0 Å². The molecule has 0 amide bonds.